The van der Waals surface area contributed by atoms with Crippen molar-refractivity contribution in [3.8, 4) is 0 Å². The first-order chi connectivity index (χ1) is 9.71. The lowest BCUT2D eigenvalue weighted by Gasteiger charge is -2.24. The second-order valence-electron chi connectivity index (χ2n) is 5.74. The second-order valence-corrected chi connectivity index (χ2v) is 7.06. The van der Waals surface area contributed by atoms with Gasteiger partial charge in [-0.05, 0) is 19.8 Å². The van der Waals surface area contributed by atoms with Gasteiger partial charge in [0.25, 0.3) is 0 Å². The summed E-state index contributed by atoms with van der Waals surface area (Å²) in [5.41, 5.74) is 0.370. The second kappa shape index (κ2) is 7.23. The summed E-state index contributed by atoms with van der Waals surface area (Å²) in [4.78, 5) is 12.4. The maximum absolute atomic E-state index is 5.58. The van der Waals surface area contributed by atoms with Crippen molar-refractivity contribution in [3.63, 3.8) is 0 Å². The van der Waals surface area contributed by atoms with Crippen molar-refractivity contribution in [2.24, 2.45) is 10.4 Å². The lowest BCUT2D eigenvalue weighted by molar-refractivity contribution is 0.156. The van der Waals surface area contributed by atoms with Gasteiger partial charge in [-0.15, -0.1) is 35.3 Å². The van der Waals surface area contributed by atoms with Crippen LogP contribution in [0.4, 0.5) is 0 Å². The summed E-state index contributed by atoms with van der Waals surface area (Å²) in [6.07, 6.45) is 4.32. The maximum Gasteiger partial charge on any atom is 0.194 e. The zero-order chi connectivity index (χ0) is 14.0. The summed E-state index contributed by atoms with van der Waals surface area (Å²) in [6.45, 7) is 6.79. The first-order valence-electron chi connectivity index (χ1n) is 7.15. The van der Waals surface area contributed by atoms with Crippen LogP contribution in [0.15, 0.2) is 11.2 Å². The Labute approximate surface area is 147 Å². The van der Waals surface area contributed by atoms with E-state index in [1.807, 2.05) is 13.2 Å². The molecule has 2 fully saturated rings. The van der Waals surface area contributed by atoms with Crippen LogP contribution in [-0.4, -0.2) is 49.2 Å². The van der Waals surface area contributed by atoms with Crippen LogP contribution >= 0.6 is 35.3 Å². The zero-order valence-corrected chi connectivity index (χ0v) is 15.7. The first-order valence-corrected chi connectivity index (χ1v) is 7.97. The van der Waals surface area contributed by atoms with Gasteiger partial charge < -0.3 is 15.0 Å². The van der Waals surface area contributed by atoms with Crippen LogP contribution in [0.1, 0.15) is 22.7 Å². The highest BCUT2D eigenvalue weighted by molar-refractivity contribution is 14.0. The number of likely N-dealkylation sites (tertiary alicyclic amines) is 1. The van der Waals surface area contributed by atoms with Gasteiger partial charge >= 0.3 is 0 Å². The number of guanidine groups is 1. The summed E-state index contributed by atoms with van der Waals surface area (Å²) in [6, 6.07) is 0. The Morgan fingerprint density at radius 3 is 3.05 bits per heavy atom. The van der Waals surface area contributed by atoms with E-state index in [4.69, 9.17) is 4.74 Å². The molecule has 2 aliphatic heterocycles. The predicted octanol–water partition coefficient (Wildman–Crippen LogP) is 2.26. The number of halogens is 1. The topological polar surface area (TPSA) is 49.8 Å². The van der Waals surface area contributed by atoms with E-state index in [9.17, 15) is 0 Å². The number of hydrogen-bond donors (Lipinski definition) is 1. The summed E-state index contributed by atoms with van der Waals surface area (Å²) in [7, 11) is 1.85. The van der Waals surface area contributed by atoms with Gasteiger partial charge in [0.2, 0.25) is 0 Å². The third-order valence-corrected chi connectivity index (χ3v) is 5.11. The fourth-order valence-electron chi connectivity index (χ4n) is 3.06. The molecule has 0 aromatic carbocycles. The van der Waals surface area contributed by atoms with Crippen LogP contribution in [0.25, 0.3) is 0 Å². The van der Waals surface area contributed by atoms with Crippen molar-refractivity contribution in [1.29, 1.82) is 0 Å². The number of hydrogen-bond acceptors (Lipinski definition) is 4. The summed E-state index contributed by atoms with van der Waals surface area (Å²) in [5.74, 6) is 0.988. The average Bonchev–Trinajstić information content (AvgIpc) is 3.15. The van der Waals surface area contributed by atoms with Crippen LogP contribution in [0.5, 0.6) is 0 Å². The van der Waals surface area contributed by atoms with Crippen molar-refractivity contribution < 1.29 is 4.74 Å². The monoisotopic (exact) mass is 422 g/mol. The molecule has 3 rings (SSSR count). The van der Waals surface area contributed by atoms with Gasteiger partial charge in [0.15, 0.2) is 5.96 Å². The van der Waals surface area contributed by atoms with Gasteiger partial charge in [-0.1, -0.05) is 0 Å². The molecule has 1 atom stereocenters. The number of aliphatic imine (C=N–C) groups is 1. The zero-order valence-electron chi connectivity index (χ0n) is 12.6. The maximum atomic E-state index is 5.58. The standard InChI is InChI=1S/C14H22N4OS.HI/c1-11-7-16-12(20-11)8-17-13(15-2)18-5-3-14(9-18)4-6-19-10-14;/h7H,3-6,8-10H2,1-2H3,(H,15,17);1H. The summed E-state index contributed by atoms with van der Waals surface area (Å²) < 4.78 is 5.58. The highest BCUT2D eigenvalue weighted by Gasteiger charge is 2.42. The van der Waals surface area contributed by atoms with Gasteiger partial charge in [-0.3, -0.25) is 4.99 Å². The van der Waals surface area contributed by atoms with Crippen LogP contribution in [0.2, 0.25) is 0 Å². The van der Waals surface area contributed by atoms with E-state index >= 15 is 0 Å². The van der Waals surface area contributed by atoms with E-state index in [0.717, 1.165) is 43.8 Å². The smallest absolute Gasteiger partial charge is 0.194 e. The average molecular weight is 422 g/mol. The lowest BCUT2D eigenvalue weighted by Crippen LogP contribution is -2.41. The SMILES string of the molecule is CN=C(NCc1ncc(C)s1)N1CCC2(CCOC2)C1.I. The normalized spacial score (nSPS) is 25.4. The fraction of sp³-hybridized carbons (Fsp3) is 0.714. The lowest BCUT2D eigenvalue weighted by atomic mass is 9.87. The molecule has 1 N–H and O–H groups in total. The Morgan fingerprint density at radius 2 is 2.43 bits per heavy atom. The van der Waals surface area contributed by atoms with Crippen LogP contribution < -0.4 is 5.32 Å². The number of thiazole rings is 1. The van der Waals surface area contributed by atoms with Gasteiger partial charge in [0.1, 0.15) is 5.01 Å². The highest BCUT2D eigenvalue weighted by Crippen LogP contribution is 2.38. The molecule has 0 saturated carbocycles. The Morgan fingerprint density at radius 1 is 1.57 bits per heavy atom. The van der Waals surface area contributed by atoms with Gasteiger partial charge in [-0.2, -0.15) is 0 Å². The van der Waals surface area contributed by atoms with Crippen LogP contribution in [0, 0.1) is 12.3 Å². The fourth-order valence-corrected chi connectivity index (χ4v) is 3.78. The quantitative estimate of drug-likeness (QED) is 0.452. The third kappa shape index (κ3) is 3.87. The van der Waals surface area contributed by atoms with E-state index in [-0.39, 0.29) is 24.0 Å². The molecular weight excluding hydrogens is 399 g/mol. The number of aromatic nitrogens is 1. The van der Waals surface area contributed by atoms with Crippen molar-refractivity contribution in [2.75, 3.05) is 33.4 Å². The third-order valence-electron chi connectivity index (χ3n) is 4.20. The number of ether oxygens (including phenoxy) is 1. The Kier molecular flexibility index (Phi) is 5.84. The van der Waals surface area contributed by atoms with E-state index in [1.165, 1.54) is 17.7 Å². The van der Waals surface area contributed by atoms with E-state index in [2.05, 4.69) is 27.1 Å². The number of rotatable bonds is 2. The van der Waals surface area contributed by atoms with Crippen LogP contribution in [0.3, 0.4) is 0 Å². The molecule has 3 heterocycles. The molecule has 2 aliphatic rings. The van der Waals surface area contributed by atoms with Gasteiger partial charge in [0, 0.05) is 43.2 Å². The number of nitrogens with zero attached hydrogens (tertiary/aromatic N) is 3. The number of nitrogens with one attached hydrogen (secondary N) is 1. The van der Waals surface area contributed by atoms with Gasteiger partial charge in [-0.25, -0.2) is 4.98 Å². The van der Waals surface area contributed by atoms with E-state index < -0.39 is 0 Å². The molecule has 0 bridgehead atoms. The van der Waals surface area contributed by atoms with Crippen LogP contribution in [-0.2, 0) is 11.3 Å². The Bertz CT molecular complexity index is 499. The Hall–Kier alpha value is -0.410. The minimum absolute atomic E-state index is 0. The van der Waals surface area contributed by atoms with Crippen molar-refractivity contribution in [1.82, 2.24) is 15.2 Å². The molecule has 0 radical (unpaired) electrons. The molecule has 21 heavy (non-hydrogen) atoms. The Balaban J connectivity index is 0.00000161. The minimum Gasteiger partial charge on any atom is -0.381 e. The molecule has 1 unspecified atom stereocenters. The molecule has 0 amide bonds. The highest BCUT2D eigenvalue weighted by atomic mass is 127. The first kappa shape index (κ1) is 17.0. The molecule has 118 valence electrons. The van der Waals surface area contributed by atoms with Crippen molar-refractivity contribution >= 4 is 41.3 Å². The molecule has 1 aromatic heterocycles. The molecule has 0 aliphatic carbocycles. The summed E-state index contributed by atoms with van der Waals surface area (Å²) in [5, 5.41) is 4.54. The number of aryl methyl sites for hydroxylation is 1. The molecule has 7 heteroatoms. The molecule has 5 nitrogen and oxygen atoms in total. The van der Waals surface area contributed by atoms with Gasteiger partial charge in [0.05, 0.1) is 13.2 Å². The molecule has 1 spiro atoms. The minimum atomic E-state index is 0. The predicted molar refractivity (Wildman–Crippen MR) is 96.5 cm³/mol. The molecular formula is C14H23IN4OS. The van der Waals surface area contributed by atoms with E-state index in [1.54, 1.807) is 11.3 Å². The van der Waals surface area contributed by atoms with Crippen molar-refractivity contribution in [2.45, 2.75) is 26.3 Å². The summed E-state index contributed by atoms with van der Waals surface area (Å²) >= 11 is 1.73. The van der Waals surface area contributed by atoms with E-state index in [0.29, 0.717) is 5.41 Å². The molecule has 1 aromatic rings. The molecule has 2 saturated heterocycles. The largest absolute Gasteiger partial charge is 0.381 e. The van der Waals surface area contributed by atoms with Crippen molar-refractivity contribution in [3.05, 3.63) is 16.1 Å².